The minimum atomic E-state index is -4.13. The van der Waals surface area contributed by atoms with Crippen LogP contribution in [0.1, 0.15) is 0 Å². The molecule has 0 bridgehead atoms. The lowest BCUT2D eigenvalue weighted by Gasteiger charge is -2.01. The van der Waals surface area contributed by atoms with E-state index in [-0.39, 0.29) is 12.4 Å². The third-order valence-corrected chi connectivity index (χ3v) is 0.822. The quantitative estimate of drug-likeness (QED) is 0.393. The molecule has 0 aliphatic carbocycles. The highest BCUT2D eigenvalue weighted by molar-refractivity contribution is 6.48. The van der Waals surface area contributed by atoms with Gasteiger partial charge in [-0.1, -0.05) is 0 Å². The molecule has 0 fully saturated rings. The molecule has 3 N–H and O–H groups in total. The highest BCUT2D eigenvalue weighted by atomic mass is 35.5. The molecule has 0 aromatic heterocycles. The molecule has 0 aromatic carbocycles. The lowest BCUT2D eigenvalue weighted by Crippen LogP contribution is -2.37. The minimum Gasteiger partial charge on any atom is -0.368 e. The Hall–Kier alpha value is 0.347. The van der Waals surface area contributed by atoms with Crippen LogP contribution in [0.3, 0.4) is 0 Å². The van der Waals surface area contributed by atoms with Crippen LogP contribution < -0.4 is 0 Å². The monoisotopic (exact) mass is 146 g/mol. The van der Waals surface area contributed by atoms with Crippen LogP contribution in [-0.4, -0.2) is 30.5 Å². The first-order chi connectivity index (χ1) is 2.56. The standard InChI is InChI=1S/CH6O4Si.ClH/c1-5-6(2,3)4;/h2-4H,1H3;1H. The Balaban J connectivity index is 0. The van der Waals surface area contributed by atoms with Crippen molar-refractivity contribution >= 4 is 21.5 Å². The summed E-state index contributed by atoms with van der Waals surface area (Å²) < 4.78 is 3.74. The molecule has 4 nitrogen and oxygen atoms in total. The second-order valence-corrected chi connectivity index (χ2v) is 2.33. The van der Waals surface area contributed by atoms with Gasteiger partial charge in [-0.3, -0.25) is 0 Å². The minimum absolute atomic E-state index is 0. The third kappa shape index (κ3) is 10.7. The second-order valence-electron chi connectivity index (χ2n) is 0.778. The Labute approximate surface area is 48.3 Å². The highest BCUT2D eigenvalue weighted by Gasteiger charge is 2.27. The van der Waals surface area contributed by atoms with Crippen molar-refractivity contribution in [2.24, 2.45) is 0 Å². The SMILES string of the molecule is CO[Si](O)(O)O.Cl. The molecule has 0 aromatic rings. The fraction of sp³-hybridized carbons (Fsp3) is 1.00. The van der Waals surface area contributed by atoms with Crippen molar-refractivity contribution in [2.75, 3.05) is 7.11 Å². The molecule has 0 atom stereocenters. The van der Waals surface area contributed by atoms with Gasteiger partial charge in [0.2, 0.25) is 0 Å². The molecule has 0 amide bonds. The molecule has 7 heavy (non-hydrogen) atoms. The predicted molar refractivity (Wildman–Crippen MR) is 26.7 cm³/mol. The Morgan fingerprint density at radius 2 is 1.43 bits per heavy atom. The van der Waals surface area contributed by atoms with Gasteiger partial charge in [-0.15, -0.1) is 12.4 Å². The van der Waals surface area contributed by atoms with Crippen LogP contribution in [0, 0.1) is 0 Å². The Kier molecular flexibility index (Phi) is 4.97. The highest BCUT2D eigenvalue weighted by Crippen LogP contribution is 1.80. The summed E-state index contributed by atoms with van der Waals surface area (Å²) >= 11 is 0. The molecule has 46 valence electrons. The van der Waals surface area contributed by atoms with Crippen molar-refractivity contribution in [3.63, 3.8) is 0 Å². The summed E-state index contributed by atoms with van der Waals surface area (Å²) in [4.78, 5) is 23.6. The van der Waals surface area contributed by atoms with E-state index >= 15 is 0 Å². The number of halogens is 1. The van der Waals surface area contributed by atoms with E-state index in [1.54, 1.807) is 0 Å². The van der Waals surface area contributed by atoms with E-state index in [0.717, 1.165) is 7.11 Å². The summed E-state index contributed by atoms with van der Waals surface area (Å²) in [6, 6.07) is 0. The zero-order valence-electron chi connectivity index (χ0n) is 3.66. The Morgan fingerprint density at radius 1 is 1.29 bits per heavy atom. The van der Waals surface area contributed by atoms with Crippen LogP contribution in [0.2, 0.25) is 0 Å². The number of hydrogen-bond donors (Lipinski definition) is 3. The first-order valence-corrected chi connectivity index (χ1v) is 3.03. The van der Waals surface area contributed by atoms with Gasteiger partial charge in [0.25, 0.3) is 0 Å². The normalized spacial score (nSPS) is 10.3. The first kappa shape index (κ1) is 10.4. The van der Waals surface area contributed by atoms with Crippen LogP contribution in [0.4, 0.5) is 0 Å². The average Bonchev–Trinajstić information content (AvgIpc) is 1.35. The van der Waals surface area contributed by atoms with Crippen molar-refractivity contribution < 1.29 is 18.8 Å². The van der Waals surface area contributed by atoms with Gasteiger partial charge in [-0.25, -0.2) is 0 Å². The van der Waals surface area contributed by atoms with Crippen LogP contribution in [0.15, 0.2) is 0 Å². The molecule has 0 heterocycles. The van der Waals surface area contributed by atoms with Crippen LogP contribution >= 0.6 is 12.4 Å². The third-order valence-electron chi connectivity index (χ3n) is 0.274. The van der Waals surface area contributed by atoms with E-state index in [9.17, 15) is 0 Å². The Bertz CT molecular complexity index is 41.4. The predicted octanol–water partition coefficient (Wildman–Crippen LogP) is -1.53. The maximum atomic E-state index is 7.85. The Morgan fingerprint density at radius 3 is 1.43 bits per heavy atom. The first-order valence-electron chi connectivity index (χ1n) is 1.28. The molecular weight excluding hydrogens is 140 g/mol. The van der Waals surface area contributed by atoms with Gasteiger partial charge in [0, 0.05) is 7.11 Å². The van der Waals surface area contributed by atoms with Gasteiger partial charge in [0.1, 0.15) is 0 Å². The van der Waals surface area contributed by atoms with Gasteiger partial charge < -0.3 is 18.8 Å². The fourth-order valence-corrected chi connectivity index (χ4v) is 0. The summed E-state index contributed by atoms with van der Waals surface area (Å²) in [5.74, 6) is 0. The molecule has 6 heteroatoms. The van der Waals surface area contributed by atoms with Gasteiger partial charge in [0.15, 0.2) is 0 Å². The van der Waals surface area contributed by atoms with Crippen molar-refractivity contribution in [3.8, 4) is 0 Å². The zero-order valence-corrected chi connectivity index (χ0v) is 5.47. The number of hydrogen-bond acceptors (Lipinski definition) is 4. The lowest BCUT2D eigenvalue weighted by molar-refractivity contribution is 0.0881. The van der Waals surface area contributed by atoms with Crippen molar-refractivity contribution in [1.82, 2.24) is 0 Å². The fourth-order valence-electron chi connectivity index (χ4n) is 0. The van der Waals surface area contributed by atoms with E-state index in [2.05, 4.69) is 4.43 Å². The van der Waals surface area contributed by atoms with Gasteiger partial charge in [-0.2, -0.15) is 0 Å². The summed E-state index contributed by atoms with van der Waals surface area (Å²) in [5.41, 5.74) is 0. The topological polar surface area (TPSA) is 69.9 Å². The molecule has 0 saturated carbocycles. The molecule has 0 spiro atoms. The second kappa shape index (κ2) is 3.36. The van der Waals surface area contributed by atoms with E-state index in [1.807, 2.05) is 0 Å². The van der Waals surface area contributed by atoms with Crippen LogP contribution in [-0.2, 0) is 4.43 Å². The van der Waals surface area contributed by atoms with E-state index in [1.165, 1.54) is 0 Å². The maximum absolute atomic E-state index is 7.85. The van der Waals surface area contributed by atoms with Crippen LogP contribution in [0.25, 0.3) is 0 Å². The van der Waals surface area contributed by atoms with E-state index in [0.29, 0.717) is 0 Å². The molecule has 0 saturated heterocycles. The average molecular weight is 147 g/mol. The smallest absolute Gasteiger partial charge is 0.368 e. The van der Waals surface area contributed by atoms with Crippen molar-refractivity contribution in [2.45, 2.75) is 0 Å². The van der Waals surface area contributed by atoms with Crippen molar-refractivity contribution in [1.29, 1.82) is 0 Å². The molecule has 0 rings (SSSR count). The maximum Gasteiger partial charge on any atom is 0.671 e. The molecule has 0 radical (unpaired) electrons. The molecule has 0 aliphatic heterocycles. The summed E-state index contributed by atoms with van der Waals surface area (Å²) in [6.45, 7) is 0. The van der Waals surface area contributed by atoms with E-state index in [4.69, 9.17) is 14.4 Å². The van der Waals surface area contributed by atoms with Crippen molar-refractivity contribution in [3.05, 3.63) is 0 Å². The largest absolute Gasteiger partial charge is 0.671 e. The molecule has 0 aliphatic rings. The van der Waals surface area contributed by atoms with Crippen LogP contribution in [0.5, 0.6) is 0 Å². The van der Waals surface area contributed by atoms with E-state index < -0.39 is 9.05 Å². The molecular formula is CH7ClO4Si. The summed E-state index contributed by atoms with van der Waals surface area (Å²) in [5, 5.41) is 0. The lowest BCUT2D eigenvalue weighted by atomic mass is 11.8. The van der Waals surface area contributed by atoms with Gasteiger partial charge in [0.05, 0.1) is 0 Å². The number of rotatable bonds is 1. The summed E-state index contributed by atoms with van der Waals surface area (Å²) in [7, 11) is -3.11. The van der Waals surface area contributed by atoms with Gasteiger partial charge in [-0.05, 0) is 0 Å². The van der Waals surface area contributed by atoms with Gasteiger partial charge >= 0.3 is 9.05 Å². The summed E-state index contributed by atoms with van der Waals surface area (Å²) in [6.07, 6.45) is 0. The molecule has 0 unspecified atom stereocenters. The zero-order chi connectivity index (χ0) is 5.21.